The van der Waals surface area contributed by atoms with Crippen molar-refractivity contribution in [3.63, 3.8) is 0 Å². The maximum atomic E-state index is 13.0. The quantitative estimate of drug-likeness (QED) is 0.900. The van der Waals surface area contributed by atoms with Gasteiger partial charge in [-0.05, 0) is 43.4 Å². The molecule has 0 radical (unpaired) electrons. The second-order valence-corrected chi connectivity index (χ2v) is 7.53. The van der Waals surface area contributed by atoms with E-state index in [1.807, 2.05) is 29.2 Å². The number of aromatic amines is 1. The molecule has 2 fully saturated rings. The Hall–Kier alpha value is -2.01. The number of ether oxygens (including phenoxy) is 1. The molecule has 5 nitrogen and oxygen atoms in total. The molecule has 1 aromatic heterocycles. The molecule has 0 spiro atoms. The molecule has 2 N–H and O–H groups in total. The maximum absolute atomic E-state index is 13.0. The van der Waals surface area contributed by atoms with Gasteiger partial charge in [-0.2, -0.15) is 0 Å². The number of aliphatic hydroxyl groups is 1. The highest BCUT2D eigenvalue weighted by atomic mass is 16.5. The van der Waals surface area contributed by atoms with E-state index in [9.17, 15) is 9.90 Å². The molecule has 1 aliphatic carbocycles. The van der Waals surface area contributed by atoms with Crippen molar-refractivity contribution in [1.29, 1.82) is 0 Å². The standard InChI is InChI=1S/C20H26N2O3/c1-3-20(24)9-5-6-13-11-22(12-15(13)20)19(23)17-10-14-16(21-17)7-4-8-18(14)25-2/h4,7-8,10,13,15,21,24H,3,5-6,9,11-12H2,1-2H3/t13-,15+,20-/m0/s1. The Bertz CT molecular complexity index is 799. The molecule has 0 bridgehead atoms. The number of aromatic nitrogens is 1. The topological polar surface area (TPSA) is 65.6 Å². The van der Waals surface area contributed by atoms with Crippen molar-refractivity contribution < 1.29 is 14.6 Å². The SMILES string of the molecule is CC[C@]1(O)CCC[C@H]2CN(C(=O)c3cc4c(OC)cccc4[nH]3)C[C@H]21. The fraction of sp³-hybridized carbons (Fsp3) is 0.550. The highest BCUT2D eigenvalue weighted by Gasteiger charge is 2.48. The Morgan fingerprint density at radius 1 is 1.44 bits per heavy atom. The van der Waals surface area contributed by atoms with Gasteiger partial charge in [-0.15, -0.1) is 0 Å². The van der Waals surface area contributed by atoms with Gasteiger partial charge in [0.25, 0.3) is 5.91 Å². The number of methoxy groups -OCH3 is 1. The number of benzene rings is 1. The zero-order chi connectivity index (χ0) is 17.6. The molecular weight excluding hydrogens is 316 g/mol. The van der Waals surface area contributed by atoms with E-state index in [0.717, 1.165) is 48.9 Å². The fourth-order valence-electron chi connectivity index (χ4n) is 4.82. The molecule has 1 amide bonds. The van der Waals surface area contributed by atoms with Gasteiger partial charge < -0.3 is 19.7 Å². The predicted molar refractivity (Wildman–Crippen MR) is 96.8 cm³/mol. The summed E-state index contributed by atoms with van der Waals surface area (Å²) in [6.07, 6.45) is 3.78. The van der Waals surface area contributed by atoms with E-state index in [0.29, 0.717) is 18.2 Å². The van der Waals surface area contributed by atoms with Crippen molar-refractivity contribution in [2.75, 3.05) is 20.2 Å². The van der Waals surface area contributed by atoms with Crippen LogP contribution < -0.4 is 4.74 Å². The van der Waals surface area contributed by atoms with E-state index in [4.69, 9.17) is 4.74 Å². The van der Waals surface area contributed by atoms with Gasteiger partial charge in [-0.1, -0.05) is 19.4 Å². The zero-order valence-corrected chi connectivity index (χ0v) is 14.9. The maximum Gasteiger partial charge on any atom is 0.270 e. The number of nitrogens with one attached hydrogen (secondary N) is 1. The zero-order valence-electron chi connectivity index (χ0n) is 14.9. The van der Waals surface area contributed by atoms with Crippen LogP contribution in [0.15, 0.2) is 24.3 Å². The number of H-pyrrole nitrogens is 1. The number of hydrogen-bond acceptors (Lipinski definition) is 3. The molecule has 1 saturated heterocycles. The van der Waals surface area contributed by atoms with Crippen LogP contribution in [0, 0.1) is 11.8 Å². The normalized spacial score (nSPS) is 29.0. The van der Waals surface area contributed by atoms with Crippen LogP contribution >= 0.6 is 0 Å². The monoisotopic (exact) mass is 342 g/mol. The van der Waals surface area contributed by atoms with Crippen molar-refractivity contribution in [2.45, 2.75) is 38.2 Å². The number of hydrogen-bond donors (Lipinski definition) is 2. The molecule has 2 heterocycles. The van der Waals surface area contributed by atoms with E-state index >= 15 is 0 Å². The summed E-state index contributed by atoms with van der Waals surface area (Å²) in [6, 6.07) is 7.65. The lowest BCUT2D eigenvalue weighted by molar-refractivity contribution is -0.0609. The summed E-state index contributed by atoms with van der Waals surface area (Å²) in [5.41, 5.74) is 0.893. The molecule has 5 heteroatoms. The molecule has 4 rings (SSSR count). The van der Waals surface area contributed by atoms with Crippen LogP contribution in [-0.2, 0) is 0 Å². The molecule has 25 heavy (non-hydrogen) atoms. The highest BCUT2D eigenvalue weighted by molar-refractivity contribution is 5.99. The van der Waals surface area contributed by atoms with Crippen molar-refractivity contribution >= 4 is 16.8 Å². The summed E-state index contributed by atoms with van der Waals surface area (Å²) >= 11 is 0. The van der Waals surface area contributed by atoms with Gasteiger partial charge >= 0.3 is 0 Å². The molecule has 0 unspecified atom stereocenters. The van der Waals surface area contributed by atoms with Gasteiger partial charge in [-0.3, -0.25) is 4.79 Å². The molecular formula is C20H26N2O3. The highest BCUT2D eigenvalue weighted by Crippen LogP contribution is 2.44. The lowest BCUT2D eigenvalue weighted by Gasteiger charge is -2.40. The van der Waals surface area contributed by atoms with Crippen LogP contribution in [0.5, 0.6) is 5.75 Å². The minimum absolute atomic E-state index is 0.0195. The van der Waals surface area contributed by atoms with Crippen LogP contribution in [0.3, 0.4) is 0 Å². The van der Waals surface area contributed by atoms with Crippen LogP contribution in [0.2, 0.25) is 0 Å². The number of nitrogens with zero attached hydrogens (tertiary/aromatic N) is 1. The fourth-order valence-corrected chi connectivity index (χ4v) is 4.82. The third-order valence-corrected chi connectivity index (χ3v) is 6.29. The number of likely N-dealkylation sites (tertiary alicyclic amines) is 1. The second-order valence-electron chi connectivity index (χ2n) is 7.53. The van der Waals surface area contributed by atoms with E-state index < -0.39 is 5.60 Å². The van der Waals surface area contributed by atoms with Gasteiger partial charge in [0, 0.05) is 29.9 Å². The Labute approximate surface area is 148 Å². The summed E-state index contributed by atoms with van der Waals surface area (Å²) in [5, 5.41) is 11.9. The van der Waals surface area contributed by atoms with Gasteiger partial charge in [0.2, 0.25) is 0 Å². The minimum Gasteiger partial charge on any atom is -0.496 e. The van der Waals surface area contributed by atoms with E-state index in [2.05, 4.69) is 11.9 Å². The predicted octanol–water partition coefficient (Wildman–Crippen LogP) is 3.19. The lowest BCUT2D eigenvalue weighted by Crippen LogP contribution is -2.44. The molecule has 1 saturated carbocycles. The number of fused-ring (bicyclic) bond motifs is 2. The van der Waals surface area contributed by atoms with Gasteiger partial charge in [0.05, 0.1) is 12.7 Å². The van der Waals surface area contributed by atoms with Crippen molar-refractivity contribution in [1.82, 2.24) is 9.88 Å². The van der Waals surface area contributed by atoms with E-state index in [1.165, 1.54) is 0 Å². The van der Waals surface area contributed by atoms with E-state index in [-0.39, 0.29) is 11.8 Å². The van der Waals surface area contributed by atoms with Crippen molar-refractivity contribution in [2.24, 2.45) is 11.8 Å². The number of rotatable bonds is 3. The van der Waals surface area contributed by atoms with Crippen LogP contribution in [0.1, 0.15) is 43.1 Å². The number of carbonyl (C=O) groups excluding carboxylic acids is 1. The number of amides is 1. The Morgan fingerprint density at radius 2 is 2.28 bits per heavy atom. The molecule has 3 atom stereocenters. The first-order valence-electron chi connectivity index (χ1n) is 9.23. The summed E-state index contributed by atoms with van der Waals surface area (Å²) in [4.78, 5) is 18.2. The third kappa shape index (κ3) is 2.61. The summed E-state index contributed by atoms with van der Waals surface area (Å²) < 4.78 is 5.39. The second kappa shape index (κ2) is 6.06. The van der Waals surface area contributed by atoms with Gasteiger partial charge in [0.15, 0.2) is 0 Å². The molecule has 1 aromatic carbocycles. The van der Waals surface area contributed by atoms with Crippen LogP contribution in [-0.4, -0.2) is 46.7 Å². The van der Waals surface area contributed by atoms with Gasteiger partial charge in [0.1, 0.15) is 11.4 Å². The van der Waals surface area contributed by atoms with Crippen molar-refractivity contribution in [3.05, 3.63) is 30.0 Å². The Balaban J connectivity index is 1.60. The minimum atomic E-state index is -0.610. The molecule has 1 aliphatic heterocycles. The first-order chi connectivity index (χ1) is 12.1. The van der Waals surface area contributed by atoms with Gasteiger partial charge in [-0.25, -0.2) is 0 Å². The van der Waals surface area contributed by atoms with E-state index in [1.54, 1.807) is 7.11 Å². The smallest absolute Gasteiger partial charge is 0.270 e. The largest absolute Gasteiger partial charge is 0.496 e. The average molecular weight is 342 g/mol. The first-order valence-corrected chi connectivity index (χ1v) is 9.23. The molecule has 134 valence electrons. The van der Waals surface area contributed by atoms with Crippen LogP contribution in [0.4, 0.5) is 0 Å². The summed E-state index contributed by atoms with van der Waals surface area (Å²) in [7, 11) is 1.64. The average Bonchev–Trinajstić information content (AvgIpc) is 3.25. The number of carbonyl (C=O) groups is 1. The van der Waals surface area contributed by atoms with Crippen LogP contribution in [0.25, 0.3) is 10.9 Å². The van der Waals surface area contributed by atoms with Crippen molar-refractivity contribution in [3.8, 4) is 5.75 Å². The summed E-state index contributed by atoms with van der Waals surface area (Å²) in [6.45, 7) is 3.45. The Kier molecular flexibility index (Phi) is 3.99. The molecule has 2 aliphatic rings. The first kappa shape index (κ1) is 16.5. The Morgan fingerprint density at radius 3 is 3.04 bits per heavy atom. The lowest BCUT2D eigenvalue weighted by atomic mass is 9.69. The molecule has 2 aromatic rings. The summed E-state index contributed by atoms with van der Waals surface area (Å²) in [5.74, 6) is 1.41. The third-order valence-electron chi connectivity index (χ3n) is 6.29.